The van der Waals surface area contributed by atoms with E-state index in [-0.39, 0.29) is 18.4 Å². The van der Waals surface area contributed by atoms with Crippen LogP contribution in [0.5, 0.6) is 17.2 Å². The predicted molar refractivity (Wildman–Crippen MR) is 170 cm³/mol. The highest BCUT2D eigenvalue weighted by Gasteiger charge is 2.49. The molecule has 2 amide bonds. The minimum Gasteiger partial charge on any atom is -0.493 e. The second-order valence-electron chi connectivity index (χ2n) is 11.0. The molecule has 230 valence electrons. The second-order valence-corrected chi connectivity index (χ2v) is 12.8. The number of nitrogens with one attached hydrogen (secondary N) is 1. The average Bonchev–Trinajstić information content (AvgIpc) is 3.73. The molecule has 0 aliphatic carbocycles. The Bertz CT molecular complexity index is 1450. The summed E-state index contributed by atoms with van der Waals surface area (Å²) in [6, 6.07) is 12.8. The molecule has 43 heavy (non-hydrogen) atoms. The summed E-state index contributed by atoms with van der Waals surface area (Å²) in [7, 11) is 4.55. The van der Waals surface area contributed by atoms with Crippen molar-refractivity contribution in [1.82, 2.24) is 15.1 Å². The Morgan fingerprint density at radius 3 is 2.19 bits per heavy atom. The van der Waals surface area contributed by atoms with Crippen molar-refractivity contribution in [3.8, 4) is 17.2 Å². The molecule has 0 saturated carbocycles. The highest BCUT2D eigenvalue weighted by Crippen LogP contribution is 2.43. The Hall–Kier alpha value is -2.98. The van der Waals surface area contributed by atoms with Crippen LogP contribution in [0.3, 0.4) is 0 Å². The van der Waals surface area contributed by atoms with Crippen LogP contribution >= 0.6 is 34.5 Å². The number of carbonyl (C=O) groups is 2. The third-order valence-electron chi connectivity index (χ3n) is 8.88. The first kappa shape index (κ1) is 31.4. The monoisotopic (exact) mass is 645 g/mol. The lowest BCUT2D eigenvalue weighted by Crippen LogP contribution is -2.57. The SMILES string of the molecule is CCN1CCC(C(=O)NC2(c3ccc(Cl)c(Cl)c3)CCN(C(=O)c3cc(OC)c(OC)c(OC)c3)C2)(c2cccs2)CC1. The molecule has 8 nitrogen and oxygen atoms in total. The molecule has 3 heterocycles. The number of thiophene rings is 1. The van der Waals surface area contributed by atoms with Crippen LogP contribution < -0.4 is 19.5 Å². The quantitative estimate of drug-likeness (QED) is 0.308. The zero-order valence-corrected chi connectivity index (χ0v) is 27.2. The fourth-order valence-electron chi connectivity index (χ4n) is 6.30. The average molecular weight is 647 g/mol. The number of halogens is 2. The number of ether oxygens (including phenoxy) is 3. The molecule has 0 spiro atoms. The first-order chi connectivity index (χ1) is 20.7. The van der Waals surface area contributed by atoms with Gasteiger partial charge in [-0.2, -0.15) is 0 Å². The molecule has 2 saturated heterocycles. The molecule has 5 rings (SSSR count). The van der Waals surface area contributed by atoms with Crippen molar-refractivity contribution in [2.75, 3.05) is 54.1 Å². The van der Waals surface area contributed by atoms with Crippen LogP contribution in [0.2, 0.25) is 10.0 Å². The van der Waals surface area contributed by atoms with Gasteiger partial charge < -0.3 is 29.3 Å². The summed E-state index contributed by atoms with van der Waals surface area (Å²) in [5.41, 5.74) is -0.319. The molecule has 2 aliphatic heterocycles. The predicted octanol–water partition coefficient (Wildman–Crippen LogP) is 5.99. The van der Waals surface area contributed by atoms with Crippen molar-refractivity contribution < 1.29 is 23.8 Å². The van der Waals surface area contributed by atoms with E-state index < -0.39 is 11.0 Å². The van der Waals surface area contributed by atoms with E-state index in [4.69, 9.17) is 37.4 Å². The summed E-state index contributed by atoms with van der Waals surface area (Å²) in [4.78, 5) is 33.7. The van der Waals surface area contributed by atoms with Crippen molar-refractivity contribution >= 4 is 46.4 Å². The largest absolute Gasteiger partial charge is 0.493 e. The standard InChI is InChI=1S/C32H37Cl2N3O5S/c1-5-36-13-10-31(11-14-36,27-7-6-16-43-27)30(39)35-32(22-8-9-23(33)24(34)19-22)12-15-37(20-32)29(38)21-17-25(40-2)28(42-4)26(18-21)41-3/h6-9,16-19H,5,10-15,20H2,1-4H3,(H,35,39). The van der Waals surface area contributed by atoms with Gasteiger partial charge in [0.25, 0.3) is 5.91 Å². The maximum Gasteiger partial charge on any atom is 0.254 e. The molecule has 1 unspecified atom stereocenters. The lowest BCUT2D eigenvalue weighted by atomic mass is 9.75. The number of benzene rings is 2. The van der Waals surface area contributed by atoms with Crippen LogP contribution in [-0.4, -0.2) is 75.7 Å². The third kappa shape index (κ3) is 5.92. The Kier molecular flexibility index (Phi) is 9.46. The van der Waals surface area contributed by atoms with Crippen molar-refractivity contribution in [3.05, 3.63) is 73.9 Å². The maximum absolute atomic E-state index is 14.6. The van der Waals surface area contributed by atoms with Crippen molar-refractivity contribution in [3.63, 3.8) is 0 Å². The molecular weight excluding hydrogens is 609 g/mol. The number of piperidine rings is 1. The normalized spacial score (nSPS) is 20.1. The van der Waals surface area contributed by atoms with Crippen molar-refractivity contribution in [2.45, 2.75) is 37.1 Å². The van der Waals surface area contributed by atoms with Gasteiger partial charge in [-0.05, 0) is 80.2 Å². The molecular formula is C32H37Cl2N3O5S. The number of hydrogen-bond donors (Lipinski definition) is 1. The van der Waals surface area contributed by atoms with E-state index >= 15 is 0 Å². The molecule has 1 aromatic heterocycles. The van der Waals surface area contributed by atoms with Crippen LogP contribution in [-0.2, 0) is 15.7 Å². The van der Waals surface area contributed by atoms with E-state index in [1.807, 2.05) is 17.5 Å². The summed E-state index contributed by atoms with van der Waals surface area (Å²) in [5, 5.41) is 6.32. The summed E-state index contributed by atoms with van der Waals surface area (Å²) in [6.45, 7) is 5.46. The fraction of sp³-hybridized carbons (Fsp3) is 0.438. The van der Waals surface area contributed by atoms with Crippen molar-refractivity contribution in [1.29, 1.82) is 0 Å². The molecule has 2 fully saturated rings. The topological polar surface area (TPSA) is 80.3 Å². The van der Waals surface area contributed by atoms with Crippen LogP contribution in [0.15, 0.2) is 47.8 Å². The minimum absolute atomic E-state index is 0.0288. The number of hydrogen-bond acceptors (Lipinski definition) is 7. The van der Waals surface area contributed by atoms with Crippen LogP contribution in [0, 0.1) is 0 Å². The van der Waals surface area contributed by atoms with E-state index in [0.717, 1.165) is 42.9 Å². The van der Waals surface area contributed by atoms with E-state index in [1.54, 1.807) is 40.5 Å². The number of likely N-dealkylation sites (tertiary alicyclic amines) is 2. The summed E-state index contributed by atoms with van der Waals surface area (Å²) < 4.78 is 16.4. The van der Waals surface area contributed by atoms with Gasteiger partial charge in [0.2, 0.25) is 11.7 Å². The Morgan fingerprint density at radius 2 is 1.63 bits per heavy atom. The Morgan fingerprint density at radius 1 is 0.930 bits per heavy atom. The molecule has 2 aliphatic rings. The van der Waals surface area contributed by atoms with Gasteiger partial charge in [0.1, 0.15) is 0 Å². The number of amides is 2. The maximum atomic E-state index is 14.6. The molecule has 2 aromatic carbocycles. The highest BCUT2D eigenvalue weighted by atomic mass is 35.5. The van der Waals surface area contributed by atoms with Gasteiger partial charge in [0, 0.05) is 23.5 Å². The zero-order valence-electron chi connectivity index (χ0n) is 24.9. The second kappa shape index (κ2) is 12.9. The molecule has 0 radical (unpaired) electrons. The first-order valence-electron chi connectivity index (χ1n) is 14.3. The van der Waals surface area contributed by atoms with Gasteiger partial charge in [-0.1, -0.05) is 42.3 Å². The summed E-state index contributed by atoms with van der Waals surface area (Å²) >= 11 is 14.4. The zero-order chi connectivity index (χ0) is 30.8. The number of methoxy groups -OCH3 is 3. The van der Waals surface area contributed by atoms with Gasteiger partial charge in [0.15, 0.2) is 11.5 Å². The van der Waals surface area contributed by atoms with E-state index in [2.05, 4.69) is 23.2 Å². The van der Waals surface area contributed by atoms with Crippen LogP contribution in [0.1, 0.15) is 47.0 Å². The number of nitrogens with zero attached hydrogens (tertiary/aromatic N) is 2. The summed E-state index contributed by atoms with van der Waals surface area (Å²) in [5.74, 6) is 0.960. The molecule has 1 N–H and O–H groups in total. The number of rotatable bonds is 9. The number of carbonyl (C=O) groups excluding carboxylic acids is 2. The molecule has 1 atom stereocenters. The lowest BCUT2D eigenvalue weighted by Gasteiger charge is -2.42. The highest BCUT2D eigenvalue weighted by molar-refractivity contribution is 7.10. The molecule has 0 bridgehead atoms. The van der Waals surface area contributed by atoms with Gasteiger partial charge in [-0.15, -0.1) is 11.3 Å². The smallest absolute Gasteiger partial charge is 0.254 e. The van der Waals surface area contributed by atoms with E-state index in [0.29, 0.717) is 45.8 Å². The Balaban J connectivity index is 1.50. The fourth-order valence-corrected chi connectivity index (χ4v) is 7.58. The molecule has 3 aromatic rings. The summed E-state index contributed by atoms with van der Waals surface area (Å²) in [6.07, 6.45) is 1.95. The van der Waals surface area contributed by atoms with E-state index in [1.165, 1.54) is 21.3 Å². The Labute approximate surface area is 266 Å². The van der Waals surface area contributed by atoms with Gasteiger partial charge in [0.05, 0.1) is 42.3 Å². The van der Waals surface area contributed by atoms with E-state index in [9.17, 15) is 9.59 Å². The first-order valence-corrected chi connectivity index (χ1v) is 16.0. The third-order valence-corrected chi connectivity index (χ3v) is 10.7. The van der Waals surface area contributed by atoms with Gasteiger partial charge in [-0.3, -0.25) is 9.59 Å². The van der Waals surface area contributed by atoms with Crippen LogP contribution in [0.4, 0.5) is 0 Å². The van der Waals surface area contributed by atoms with Crippen LogP contribution in [0.25, 0.3) is 0 Å². The van der Waals surface area contributed by atoms with Gasteiger partial charge in [-0.25, -0.2) is 0 Å². The van der Waals surface area contributed by atoms with Gasteiger partial charge >= 0.3 is 0 Å². The van der Waals surface area contributed by atoms with Crippen molar-refractivity contribution in [2.24, 2.45) is 0 Å². The minimum atomic E-state index is -0.867. The molecule has 11 heteroatoms. The lowest BCUT2D eigenvalue weighted by molar-refractivity contribution is -0.130.